The lowest BCUT2D eigenvalue weighted by Gasteiger charge is -2.13. The summed E-state index contributed by atoms with van der Waals surface area (Å²) in [6.07, 6.45) is 1.49. The molecular formula is C16H18N4O2S. The van der Waals surface area contributed by atoms with Gasteiger partial charge in [0.25, 0.3) is 5.56 Å². The van der Waals surface area contributed by atoms with Crippen molar-refractivity contribution in [3.8, 4) is 5.75 Å². The van der Waals surface area contributed by atoms with Crippen molar-refractivity contribution >= 4 is 21.4 Å². The highest BCUT2D eigenvalue weighted by molar-refractivity contribution is 7.20. The largest absolute Gasteiger partial charge is 0.493 e. The summed E-state index contributed by atoms with van der Waals surface area (Å²) in [5, 5.41) is 8.13. The first-order valence-corrected chi connectivity index (χ1v) is 8.24. The molecule has 1 aromatic carbocycles. The molecule has 3 rings (SSSR count). The zero-order valence-corrected chi connectivity index (χ0v) is 13.8. The van der Waals surface area contributed by atoms with E-state index in [1.807, 2.05) is 24.3 Å². The smallest absolute Gasteiger partial charge is 0.275 e. The molecule has 0 aliphatic carbocycles. The average molecular weight is 330 g/mol. The first kappa shape index (κ1) is 15.5. The summed E-state index contributed by atoms with van der Waals surface area (Å²) in [7, 11) is 0. The minimum Gasteiger partial charge on any atom is -0.493 e. The van der Waals surface area contributed by atoms with Crippen LogP contribution in [0.4, 0.5) is 5.13 Å². The average Bonchev–Trinajstić information content (AvgIpc) is 2.96. The molecule has 0 fully saturated rings. The molecule has 0 saturated heterocycles. The monoisotopic (exact) mass is 330 g/mol. The van der Waals surface area contributed by atoms with Gasteiger partial charge >= 0.3 is 0 Å². The zero-order chi connectivity index (χ0) is 16.2. The molecule has 0 aliphatic heterocycles. The van der Waals surface area contributed by atoms with Crippen molar-refractivity contribution in [2.75, 3.05) is 11.9 Å². The van der Waals surface area contributed by atoms with Crippen molar-refractivity contribution in [3.05, 3.63) is 52.4 Å². The third kappa shape index (κ3) is 3.68. The first-order valence-electron chi connectivity index (χ1n) is 7.43. The van der Waals surface area contributed by atoms with Gasteiger partial charge in [-0.1, -0.05) is 43.4 Å². The number of hydrogen-bond acceptors (Lipinski definition) is 6. The molecule has 1 N–H and O–H groups in total. The molecule has 120 valence electrons. The molecule has 0 aliphatic rings. The maximum atomic E-state index is 11.7. The standard InChI is InChI=1S/C16H18N4O2S/c1-11(2)10-22-13-6-4-3-5-12(13)9-18-15-19-20-14(21)7-8-17-16(20)23-15/h3-8,11H,9-10H2,1-2H3,(H,18,19). The molecule has 0 saturated carbocycles. The molecule has 7 heteroatoms. The number of aromatic nitrogens is 3. The van der Waals surface area contributed by atoms with Gasteiger partial charge < -0.3 is 10.1 Å². The Kier molecular flexibility index (Phi) is 4.57. The Morgan fingerprint density at radius 3 is 2.91 bits per heavy atom. The van der Waals surface area contributed by atoms with E-state index < -0.39 is 0 Å². The maximum absolute atomic E-state index is 11.7. The number of rotatable bonds is 6. The molecule has 2 heterocycles. The van der Waals surface area contributed by atoms with Gasteiger partial charge in [-0.25, -0.2) is 4.98 Å². The van der Waals surface area contributed by atoms with Crippen LogP contribution in [0.15, 0.2) is 41.3 Å². The summed E-state index contributed by atoms with van der Waals surface area (Å²) in [6, 6.07) is 9.31. The van der Waals surface area contributed by atoms with Gasteiger partial charge in [0.1, 0.15) is 5.75 Å². The quantitative estimate of drug-likeness (QED) is 0.753. The van der Waals surface area contributed by atoms with Crippen LogP contribution >= 0.6 is 11.3 Å². The van der Waals surface area contributed by atoms with Gasteiger partial charge in [0, 0.05) is 24.4 Å². The number of anilines is 1. The van der Waals surface area contributed by atoms with Gasteiger partial charge in [0.2, 0.25) is 10.1 Å². The summed E-state index contributed by atoms with van der Waals surface area (Å²) in [6.45, 7) is 5.49. The highest BCUT2D eigenvalue weighted by Crippen LogP contribution is 2.22. The van der Waals surface area contributed by atoms with Crippen LogP contribution in [0.3, 0.4) is 0 Å². The Morgan fingerprint density at radius 2 is 2.13 bits per heavy atom. The fraction of sp³-hybridized carbons (Fsp3) is 0.312. The van der Waals surface area contributed by atoms with Crippen molar-refractivity contribution in [2.45, 2.75) is 20.4 Å². The molecule has 0 spiro atoms. The second-order valence-corrected chi connectivity index (χ2v) is 6.51. The number of para-hydroxylation sites is 1. The summed E-state index contributed by atoms with van der Waals surface area (Å²) >= 11 is 1.34. The highest BCUT2D eigenvalue weighted by atomic mass is 32.1. The minimum absolute atomic E-state index is 0.181. The lowest BCUT2D eigenvalue weighted by atomic mass is 10.2. The maximum Gasteiger partial charge on any atom is 0.275 e. The topological polar surface area (TPSA) is 68.5 Å². The predicted molar refractivity (Wildman–Crippen MR) is 91.2 cm³/mol. The fourth-order valence-electron chi connectivity index (χ4n) is 2.03. The zero-order valence-electron chi connectivity index (χ0n) is 13.0. The van der Waals surface area contributed by atoms with Crippen LogP contribution in [0, 0.1) is 5.92 Å². The van der Waals surface area contributed by atoms with E-state index >= 15 is 0 Å². The lowest BCUT2D eigenvalue weighted by molar-refractivity contribution is 0.269. The minimum atomic E-state index is -0.181. The summed E-state index contributed by atoms with van der Waals surface area (Å²) in [5.74, 6) is 1.34. The Labute approximate surface area is 137 Å². The molecule has 6 nitrogen and oxygen atoms in total. The highest BCUT2D eigenvalue weighted by Gasteiger charge is 2.08. The van der Waals surface area contributed by atoms with Gasteiger partial charge in [-0.2, -0.15) is 4.52 Å². The second-order valence-electron chi connectivity index (χ2n) is 5.55. The van der Waals surface area contributed by atoms with Crippen molar-refractivity contribution in [1.82, 2.24) is 14.6 Å². The van der Waals surface area contributed by atoms with E-state index in [2.05, 4.69) is 29.2 Å². The van der Waals surface area contributed by atoms with Gasteiger partial charge in [0.15, 0.2) is 0 Å². The van der Waals surface area contributed by atoms with E-state index in [0.29, 0.717) is 29.2 Å². The Balaban J connectivity index is 1.74. The number of nitrogens with zero attached hydrogens (tertiary/aromatic N) is 3. The van der Waals surface area contributed by atoms with Crippen molar-refractivity contribution in [2.24, 2.45) is 5.92 Å². The molecule has 2 aromatic heterocycles. The molecule has 0 unspecified atom stereocenters. The van der Waals surface area contributed by atoms with Crippen molar-refractivity contribution < 1.29 is 4.74 Å². The lowest BCUT2D eigenvalue weighted by Crippen LogP contribution is -2.13. The molecule has 0 radical (unpaired) electrons. The van der Waals surface area contributed by atoms with Crippen LogP contribution in [0.2, 0.25) is 0 Å². The molecule has 0 atom stereocenters. The SMILES string of the molecule is CC(C)COc1ccccc1CNc1nn2c(=O)ccnc2s1. The summed E-state index contributed by atoms with van der Waals surface area (Å²) in [4.78, 5) is 16.4. The van der Waals surface area contributed by atoms with Crippen LogP contribution in [-0.2, 0) is 6.54 Å². The third-order valence-corrected chi connectivity index (χ3v) is 4.03. The molecule has 0 bridgehead atoms. The number of benzene rings is 1. The number of fused-ring (bicyclic) bond motifs is 1. The second kappa shape index (κ2) is 6.78. The van der Waals surface area contributed by atoms with E-state index in [1.165, 1.54) is 28.1 Å². The Hall–Kier alpha value is -2.41. The van der Waals surface area contributed by atoms with Crippen LogP contribution in [0.25, 0.3) is 4.96 Å². The van der Waals surface area contributed by atoms with Crippen LogP contribution in [0.5, 0.6) is 5.75 Å². The van der Waals surface area contributed by atoms with E-state index in [0.717, 1.165) is 11.3 Å². The Bertz CT molecular complexity index is 856. The molecular weight excluding hydrogens is 312 g/mol. The van der Waals surface area contributed by atoms with E-state index in [-0.39, 0.29) is 5.56 Å². The van der Waals surface area contributed by atoms with E-state index in [4.69, 9.17) is 4.74 Å². The van der Waals surface area contributed by atoms with Crippen LogP contribution < -0.4 is 15.6 Å². The third-order valence-electron chi connectivity index (χ3n) is 3.15. The van der Waals surface area contributed by atoms with Crippen molar-refractivity contribution in [1.29, 1.82) is 0 Å². The van der Waals surface area contributed by atoms with Gasteiger partial charge in [-0.3, -0.25) is 4.79 Å². The molecule has 3 aromatic rings. The number of nitrogens with one attached hydrogen (secondary N) is 1. The Morgan fingerprint density at radius 1 is 1.30 bits per heavy atom. The van der Waals surface area contributed by atoms with E-state index in [9.17, 15) is 4.79 Å². The summed E-state index contributed by atoms with van der Waals surface area (Å²) in [5.41, 5.74) is 0.868. The van der Waals surface area contributed by atoms with Gasteiger partial charge in [0.05, 0.1) is 6.61 Å². The van der Waals surface area contributed by atoms with E-state index in [1.54, 1.807) is 0 Å². The molecule has 23 heavy (non-hydrogen) atoms. The van der Waals surface area contributed by atoms with Crippen LogP contribution in [0.1, 0.15) is 19.4 Å². The number of hydrogen-bond donors (Lipinski definition) is 1. The summed E-state index contributed by atoms with van der Waals surface area (Å²) < 4.78 is 7.14. The van der Waals surface area contributed by atoms with Crippen LogP contribution in [-0.4, -0.2) is 21.2 Å². The molecule has 0 amide bonds. The fourth-order valence-corrected chi connectivity index (χ4v) is 2.80. The normalized spacial score (nSPS) is 11.1. The first-order chi connectivity index (χ1) is 11.1. The number of ether oxygens (including phenoxy) is 1. The van der Waals surface area contributed by atoms with Gasteiger partial charge in [-0.05, 0) is 12.0 Å². The predicted octanol–water partition coefficient (Wildman–Crippen LogP) is 2.80. The van der Waals surface area contributed by atoms with Gasteiger partial charge in [-0.15, -0.1) is 5.10 Å². The van der Waals surface area contributed by atoms with Crippen molar-refractivity contribution in [3.63, 3.8) is 0 Å².